The van der Waals surface area contributed by atoms with Crippen LogP contribution in [0.25, 0.3) is 0 Å². The van der Waals surface area contributed by atoms with Gasteiger partial charge in [0.15, 0.2) is 0 Å². The van der Waals surface area contributed by atoms with E-state index < -0.39 is 0 Å². The Morgan fingerprint density at radius 2 is 2.04 bits per heavy atom. The van der Waals surface area contributed by atoms with Gasteiger partial charge in [0.1, 0.15) is 7.11 Å². The molecule has 126 valence electrons. The first-order chi connectivity index (χ1) is 10.9. The first kappa shape index (κ1) is 16.5. The van der Waals surface area contributed by atoms with E-state index >= 15 is 0 Å². The highest BCUT2D eigenvalue weighted by Crippen LogP contribution is 2.53. The normalized spacial score (nSPS) is 31.9. The minimum absolute atomic E-state index is 0.292. The zero-order valence-corrected chi connectivity index (χ0v) is 15.6. The number of rotatable bonds is 2. The molecule has 2 heteroatoms. The molecule has 3 unspecified atom stereocenters. The van der Waals surface area contributed by atoms with E-state index in [9.17, 15) is 0 Å². The summed E-state index contributed by atoms with van der Waals surface area (Å²) in [6.45, 7) is 11.7. The number of hydrogen-bond acceptors (Lipinski definition) is 2. The molecule has 1 fully saturated rings. The Balaban J connectivity index is 2.24. The van der Waals surface area contributed by atoms with Gasteiger partial charge in [-0.2, -0.15) is 0 Å². The Hall–Kier alpha value is -1.31. The monoisotopic (exact) mass is 313 g/mol. The van der Waals surface area contributed by atoms with Gasteiger partial charge in [0.2, 0.25) is 0 Å². The second-order valence-electron chi connectivity index (χ2n) is 8.18. The molecular formula is C21H31NO. The average Bonchev–Trinajstić information content (AvgIpc) is 2.49. The average molecular weight is 313 g/mol. The molecule has 0 bridgehead atoms. The van der Waals surface area contributed by atoms with Gasteiger partial charge in [0.25, 0.3) is 0 Å². The Bertz CT molecular complexity index is 631. The Morgan fingerprint density at radius 1 is 1.30 bits per heavy atom. The molecule has 0 aliphatic heterocycles. The highest BCUT2D eigenvalue weighted by molar-refractivity contribution is 6.04. The lowest BCUT2D eigenvalue weighted by molar-refractivity contribution is 0.136. The van der Waals surface area contributed by atoms with Gasteiger partial charge in [-0.25, -0.2) is 0 Å². The highest BCUT2D eigenvalue weighted by atomic mass is 16.6. The lowest BCUT2D eigenvalue weighted by Gasteiger charge is -2.50. The van der Waals surface area contributed by atoms with Crippen LogP contribution in [-0.2, 0) is 10.3 Å². The van der Waals surface area contributed by atoms with Crippen LogP contribution in [0.15, 0.2) is 17.3 Å². The van der Waals surface area contributed by atoms with Crippen LogP contribution in [0.4, 0.5) is 0 Å². The van der Waals surface area contributed by atoms with Crippen LogP contribution in [-0.4, -0.2) is 12.8 Å². The maximum absolute atomic E-state index is 5.23. The van der Waals surface area contributed by atoms with E-state index in [0.29, 0.717) is 17.3 Å². The molecule has 2 aliphatic rings. The number of benzene rings is 1. The van der Waals surface area contributed by atoms with Crippen molar-refractivity contribution in [2.75, 3.05) is 7.11 Å². The summed E-state index contributed by atoms with van der Waals surface area (Å²) in [5.74, 6) is 1.98. The van der Waals surface area contributed by atoms with Gasteiger partial charge in [-0.3, -0.25) is 0 Å². The predicted octanol–water partition coefficient (Wildman–Crippen LogP) is 5.57. The van der Waals surface area contributed by atoms with Crippen molar-refractivity contribution in [3.05, 3.63) is 34.4 Å². The van der Waals surface area contributed by atoms with Crippen LogP contribution in [0, 0.1) is 18.8 Å². The minimum Gasteiger partial charge on any atom is -0.399 e. The van der Waals surface area contributed by atoms with E-state index in [4.69, 9.17) is 4.84 Å². The molecule has 1 aromatic carbocycles. The van der Waals surface area contributed by atoms with Crippen molar-refractivity contribution >= 4 is 5.71 Å². The van der Waals surface area contributed by atoms with Crippen molar-refractivity contribution in [3.8, 4) is 0 Å². The fourth-order valence-corrected chi connectivity index (χ4v) is 5.27. The molecule has 1 saturated carbocycles. The first-order valence-electron chi connectivity index (χ1n) is 9.14. The zero-order chi connectivity index (χ0) is 16.8. The van der Waals surface area contributed by atoms with E-state index in [1.165, 1.54) is 47.2 Å². The van der Waals surface area contributed by atoms with Crippen LogP contribution in [0.3, 0.4) is 0 Å². The van der Waals surface area contributed by atoms with Gasteiger partial charge in [-0.1, -0.05) is 57.8 Å². The number of nitrogens with zero attached hydrogens (tertiary/aromatic N) is 1. The Labute approximate surface area is 141 Å². The fraction of sp³-hybridized carbons (Fsp3) is 0.667. The summed E-state index contributed by atoms with van der Waals surface area (Å²) in [4.78, 5) is 5.23. The Kier molecular flexibility index (Phi) is 4.29. The molecule has 3 rings (SSSR count). The summed E-state index contributed by atoms with van der Waals surface area (Å²) < 4.78 is 0. The molecule has 3 atom stereocenters. The molecule has 0 heterocycles. The lowest BCUT2D eigenvalue weighted by Crippen LogP contribution is -2.45. The minimum atomic E-state index is 0.292. The maximum Gasteiger partial charge on any atom is 0.106 e. The smallest absolute Gasteiger partial charge is 0.106 e. The highest BCUT2D eigenvalue weighted by Gasteiger charge is 2.47. The summed E-state index contributed by atoms with van der Waals surface area (Å²) in [7, 11) is 1.67. The van der Waals surface area contributed by atoms with E-state index in [2.05, 4.69) is 51.9 Å². The van der Waals surface area contributed by atoms with Crippen molar-refractivity contribution in [2.24, 2.45) is 17.0 Å². The fourth-order valence-electron chi connectivity index (χ4n) is 5.27. The maximum atomic E-state index is 5.23. The second kappa shape index (κ2) is 5.96. The molecule has 0 spiro atoms. The number of hydrogen-bond donors (Lipinski definition) is 0. The summed E-state index contributed by atoms with van der Waals surface area (Å²) >= 11 is 0. The molecule has 23 heavy (non-hydrogen) atoms. The lowest BCUT2D eigenvalue weighted by atomic mass is 9.54. The summed E-state index contributed by atoms with van der Waals surface area (Å²) in [5, 5.41) is 4.46. The summed E-state index contributed by atoms with van der Waals surface area (Å²) in [6, 6.07) is 4.75. The second-order valence-corrected chi connectivity index (χ2v) is 8.18. The van der Waals surface area contributed by atoms with Crippen molar-refractivity contribution in [1.82, 2.24) is 0 Å². The van der Waals surface area contributed by atoms with Gasteiger partial charge in [0.05, 0.1) is 5.71 Å². The molecule has 2 aliphatic carbocycles. The topological polar surface area (TPSA) is 21.6 Å². The van der Waals surface area contributed by atoms with Gasteiger partial charge in [0, 0.05) is 5.56 Å². The SMILES string of the molecule is CO/N=C1\CC2C(C)CCCC2(C)c2ccc(C(C)C)c(C)c21. The molecule has 1 aromatic rings. The van der Waals surface area contributed by atoms with E-state index in [-0.39, 0.29) is 0 Å². The molecule has 0 radical (unpaired) electrons. The van der Waals surface area contributed by atoms with Crippen molar-refractivity contribution in [2.45, 2.75) is 71.6 Å². The van der Waals surface area contributed by atoms with Gasteiger partial charge < -0.3 is 4.84 Å². The van der Waals surface area contributed by atoms with Crippen LogP contribution >= 0.6 is 0 Å². The molecule has 0 saturated heterocycles. The molecular weight excluding hydrogens is 282 g/mol. The third-order valence-corrected chi connectivity index (χ3v) is 6.51. The van der Waals surface area contributed by atoms with Gasteiger partial charge in [-0.15, -0.1) is 0 Å². The van der Waals surface area contributed by atoms with Crippen molar-refractivity contribution in [1.29, 1.82) is 0 Å². The summed E-state index contributed by atoms with van der Waals surface area (Å²) in [5.41, 5.74) is 7.20. The van der Waals surface area contributed by atoms with Gasteiger partial charge >= 0.3 is 0 Å². The van der Waals surface area contributed by atoms with Crippen LogP contribution in [0.1, 0.15) is 81.5 Å². The molecule has 0 amide bonds. The quantitative estimate of drug-likeness (QED) is 0.654. The van der Waals surface area contributed by atoms with Crippen LogP contribution in [0.5, 0.6) is 0 Å². The molecule has 2 nitrogen and oxygen atoms in total. The number of fused-ring (bicyclic) bond motifs is 3. The molecule has 0 aromatic heterocycles. The first-order valence-corrected chi connectivity index (χ1v) is 9.14. The molecule has 0 N–H and O–H groups in total. The van der Waals surface area contributed by atoms with Crippen LogP contribution in [0.2, 0.25) is 0 Å². The van der Waals surface area contributed by atoms with E-state index in [1.807, 2.05) is 0 Å². The van der Waals surface area contributed by atoms with Crippen molar-refractivity contribution < 1.29 is 4.84 Å². The van der Waals surface area contributed by atoms with Crippen molar-refractivity contribution in [3.63, 3.8) is 0 Å². The Morgan fingerprint density at radius 3 is 2.70 bits per heavy atom. The van der Waals surface area contributed by atoms with Crippen LogP contribution < -0.4 is 0 Å². The third kappa shape index (κ3) is 2.51. The van der Waals surface area contributed by atoms with Gasteiger partial charge in [-0.05, 0) is 59.6 Å². The summed E-state index contributed by atoms with van der Waals surface area (Å²) in [6.07, 6.45) is 5.05. The third-order valence-electron chi connectivity index (χ3n) is 6.51. The van der Waals surface area contributed by atoms with E-state index in [0.717, 1.165) is 12.3 Å². The standard InChI is InChI=1S/C21H31NO/c1-13(2)16-9-10-17-20(15(16)4)19(22-23-6)12-18-14(3)8-7-11-21(17,18)5/h9-10,13-14,18H,7-8,11-12H2,1-6H3/b22-19+. The largest absolute Gasteiger partial charge is 0.399 e. The zero-order valence-electron chi connectivity index (χ0n) is 15.6. The predicted molar refractivity (Wildman–Crippen MR) is 97.3 cm³/mol. The van der Waals surface area contributed by atoms with E-state index in [1.54, 1.807) is 7.11 Å². The number of oxime groups is 1.